The van der Waals surface area contributed by atoms with Crippen molar-refractivity contribution in [2.75, 3.05) is 0 Å². The molecule has 0 fully saturated rings. The van der Waals surface area contributed by atoms with Crippen LogP contribution in [0.5, 0.6) is 0 Å². The van der Waals surface area contributed by atoms with E-state index in [1.54, 1.807) is 13.1 Å². The molecule has 0 radical (unpaired) electrons. The van der Waals surface area contributed by atoms with E-state index in [0.717, 1.165) is 12.1 Å². The summed E-state index contributed by atoms with van der Waals surface area (Å²) in [4.78, 5) is 0. The van der Waals surface area contributed by atoms with Gasteiger partial charge in [-0.05, 0) is 19.4 Å². The largest absolute Gasteiger partial charge is 0.393 e. The number of hydrogen-bond donors (Lipinski definition) is 1. The maximum Gasteiger partial charge on any atom is 0.0553 e. The molecule has 0 spiro atoms. The first kappa shape index (κ1) is 8.27. The highest BCUT2D eigenvalue weighted by Crippen LogP contribution is 2.01. The number of aromatic nitrogens is 2. The summed E-state index contributed by atoms with van der Waals surface area (Å²) < 4.78 is 1.86. The van der Waals surface area contributed by atoms with E-state index in [0.29, 0.717) is 6.42 Å². The van der Waals surface area contributed by atoms with Crippen LogP contribution in [-0.2, 0) is 13.0 Å². The molecule has 1 atom stereocenters. The molecule has 1 rings (SSSR count). The second-order valence-corrected chi connectivity index (χ2v) is 2.76. The Hall–Kier alpha value is -0.830. The van der Waals surface area contributed by atoms with Crippen molar-refractivity contribution in [2.45, 2.75) is 32.9 Å². The Morgan fingerprint density at radius 1 is 1.73 bits per heavy atom. The van der Waals surface area contributed by atoms with Crippen molar-refractivity contribution < 1.29 is 5.11 Å². The molecule has 1 aromatic rings. The van der Waals surface area contributed by atoms with Crippen LogP contribution in [0, 0.1) is 0 Å². The van der Waals surface area contributed by atoms with E-state index in [-0.39, 0.29) is 6.10 Å². The first-order chi connectivity index (χ1) is 5.22. The molecule has 0 aromatic carbocycles. The van der Waals surface area contributed by atoms with Gasteiger partial charge in [0.15, 0.2) is 0 Å². The van der Waals surface area contributed by atoms with Gasteiger partial charge in [0, 0.05) is 19.2 Å². The summed E-state index contributed by atoms with van der Waals surface area (Å²) in [6, 6.07) is 0. The standard InChI is InChI=1S/C8H14N2O/c1-3-10-6-8(5-9-10)4-7(2)11/h5-7,11H,3-4H2,1-2H3. The minimum absolute atomic E-state index is 0.274. The van der Waals surface area contributed by atoms with Crippen molar-refractivity contribution in [1.82, 2.24) is 9.78 Å². The van der Waals surface area contributed by atoms with Gasteiger partial charge < -0.3 is 5.11 Å². The molecule has 11 heavy (non-hydrogen) atoms. The molecule has 0 saturated heterocycles. The Kier molecular flexibility index (Phi) is 2.65. The van der Waals surface area contributed by atoms with Crippen molar-refractivity contribution >= 4 is 0 Å². The van der Waals surface area contributed by atoms with Gasteiger partial charge in [-0.3, -0.25) is 4.68 Å². The first-order valence-corrected chi connectivity index (χ1v) is 3.91. The lowest BCUT2D eigenvalue weighted by Crippen LogP contribution is -2.03. The van der Waals surface area contributed by atoms with Gasteiger partial charge in [-0.15, -0.1) is 0 Å². The summed E-state index contributed by atoms with van der Waals surface area (Å²) >= 11 is 0. The van der Waals surface area contributed by atoms with Crippen LogP contribution in [0.25, 0.3) is 0 Å². The summed E-state index contributed by atoms with van der Waals surface area (Å²) in [6.45, 7) is 4.71. The minimum Gasteiger partial charge on any atom is -0.393 e. The SMILES string of the molecule is CCn1cc(CC(C)O)cn1. The lowest BCUT2D eigenvalue weighted by Gasteiger charge is -1.98. The zero-order valence-corrected chi connectivity index (χ0v) is 6.99. The van der Waals surface area contributed by atoms with Crippen LogP contribution in [0.15, 0.2) is 12.4 Å². The van der Waals surface area contributed by atoms with E-state index in [2.05, 4.69) is 5.10 Å². The van der Waals surface area contributed by atoms with Gasteiger partial charge in [0.05, 0.1) is 12.3 Å². The molecule has 1 unspecified atom stereocenters. The monoisotopic (exact) mass is 154 g/mol. The van der Waals surface area contributed by atoms with Gasteiger partial charge in [0.1, 0.15) is 0 Å². The highest BCUT2D eigenvalue weighted by atomic mass is 16.3. The van der Waals surface area contributed by atoms with Crippen LogP contribution in [0.4, 0.5) is 0 Å². The first-order valence-electron chi connectivity index (χ1n) is 3.91. The van der Waals surface area contributed by atoms with Crippen LogP contribution in [0.3, 0.4) is 0 Å². The Bertz CT molecular complexity index is 218. The number of aryl methyl sites for hydroxylation is 1. The molecule has 0 aliphatic heterocycles. The lowest BCUT2D eigenvalue weighted by molar-refractivity contribution is 0.195. The van der Waals surface area contributed by atoms with Crippen LogP contribution in [-0.4, -0.2) is 21.0 Å². The normalized spacial score (nSPS) is 13.4. The average Bonchev–Trinajstić information content (AvgIpc) is 2.34. The van der Waals surface area contributed by atoms with Gasteiger partial charge in [-0.1, -0.05) is 0 Å². The predicted molar refractivity (Wildman–Crippen MR) is 43.3 cm³/mol. The van der Waals surface area contributed by atoms with E-state index >= 15 is 0 Å². The fraction of sp³-hybridized carbons (Fsp3) is 0.625. The van der Waals surface area contributed by atoms with Crippen LogP contribution in [0.2, 0.25) is 0 Å². The fourth-order valence-corrected chi connectivity index (χ4v) is 1.03. The molecular weight excluding hydrogens is 140 g/mol. The highest BCUT2D eigenvalue weighted by Gasteiger charge is 2.00. The maximum absolute atomic E-state index is 9.05. The number of rotatable bonds is 3. The Morgan fingerprint density at radius 3 is 2.91 bits per heavy atom. The number of aliphatic hydroxyl groups is 1. The lowest BCUT2D eigenvalue weighted by atomic mass is 10.2. The molecular formula is C8H14N2O. The fourth-order valence-electron chi connectivity index (χ4n) is 1.03. The Morgan fingerprint density at radius 2 is 2.45 bits per heavy atom. The zero-order valence-electron chi connectivity index (χ0n) is 6.99. The van der Waals surface area contributed by atoms with Crippen LogP contribution >= 0.6 is 0 Å². The molecule has 3 nitrogen and oxygen atoms in total. The van der Waals surface area contributed by atoms with E-state index in [1.807, 2.05) is 17.8 Å². The number of aliphatic hydroxyl groups excluding tert-OH is 1. The Balaban J connectivity index is 2.58. The van der Waals surface area contributed by atoms with E-state index < -0.39 is 0 Å². The molecule has 0 amide bonds. The smallest absolute Gasteiger partial charge is 0.0553 e. The van der Waals surface area contributed by atoms with Crippen LogP contribution < -0.4 is 0 Å². The van der Waals surface area contributed by atoms with Crippen molar-refractivity contribution in [1.29, 1.82) is 0 Å². The summed E-state index contributed by atoms with van der Waals surface area (Å²) in [5, 5.41) is 13.1. The molecule has 3 heteroatoms. The summed E-state index contributed by atoms with van der Waals surface area (Å²) in [5.74, 6) is 0. The number of nitrogens with zero attached hydrogens (tertiary/aromatic N) is 2. The van der Waals surface area contributed by atoms with Gasteiger partial charge in [0.2, 0.25) is 0 Å². The predicted octanol–water partition coefficient (Wildman–Crippen LogP) is 0.826. The number of hydrogen-bond acceptors (Lipinski definition) is 2. The third-order valence-corrected chi connectivity index (χ3v) is 1.54. The van der Waals surface area contributed by atoms with E-state index in [9.17, 15) is 0 Å². The third kappa shape index (κ3) is 2.35. The van der Waals surface area contributed by atoms with Crippen molar-refractivity contribution in [3.63, 3.8) is 0 Å². The van der Waals surface area contributed by atoms with Gasteiger partial charge in [-0.2, -0.15) is 5.10 Å². The quantitative estimate of drug-likeness (QED) is 0.700. The molecule has 0 bridgehead atoms. The second kappa shape index (κ2) is 3.53. The molecule has 0 aliphatic carbocycles. The van der Waals surface area contributed by atoms with Gasteiger partial charge >= 0.3 is 0 Å². The van der Waals surface area contributed by atoms with Crippen molar-refractivity contribution in [3.05, 3.63) is 18.0 Å². The van der Waals surface area contributed by atoms with E-state index in [4.69, 9.17) is 5.11 Å². The zero-order chi connectivity index (χ0) is 8.27. The molecule has 0 saturated carbocycles. The summed E-state index contributed by atoms with van der Waals surface area (Å²) in [7, 11) is 0. The summed E-state index contributed by atoms with van der Waals surface area (Å²) in [6.07, 6.45) is 4.19. The van der Waals surface area contributed by atoms with Crippen LogP contribution in [0.1, 0.15) is 19.4 Å². The maximum atomic E-state index is 9.05. The highest BCUT2D eigenvalue weighted by molar-refractivity contribution is 5.04. The van der Waals surface area contributed by atoms with Crippen molar-refractivity contribution in [2.24, 2.45) is 0 Å². The minimum atomic E-state index is -0.274. The average molecular weight is 154 g/mol. The molecule has 1 heterocycles. The molecule has 1 N–H and O–H groups in total. The topological polar surface area (TPSA) is 38.0 Å². The summed E-state index contributed by atoms with van der Waals surface area (Å²) in [5.41, 5.74) is 1.10. The van der Waals surface area contributed by atoms with Crippen molar-refractivity contribution in [3.8, 4) is 0 Å². The molecule has 0 aliphatic rings. The third-order valence-electron chi connectivity index (χ3n) is 1.54. The van der Waals surface area contributed by atoms with E-state index in [1.165, 1.54) is 0 Å². The molecule has 62 valence electrons. The molecule has 1 aromatic heterocycles. The van der Waals surface area contributed by atoms with Gasteiger partial charge in [0.25, 0.3) is 0 Å². The van der Waals surface area contributed by atoms with Gasteiger partial charge in [-0.25, -0.2) is 0 Å². The Labute approximate surface area is 66.7 Å². The second-order valence-electron chi connectivity index (χ2n) is 2.76.